The van der Waals surface area contributed by atoms with Gasteiger partial charge in [0.25, 0.3) is 7.82 Å². The van der Waals surface area contributed by atoms with Crippen LogP contribution in [0.15, 0.2) is 12.2 Å². The van der Waals surface area contributed by atoms with Crippen LogP contribution in [-0.2, 0) is 18.4 Å². The van der Waals surface area contributed by atoms with Crippen molar-refractivity contribution >= 4 is 13.7 Å². The summed E-state index contributed by atoms with van der Waals surface area (Å²) in [5, 5.41) is 13.9. The van der Waals surface area contributed by atoms with Gasteiger partial charge in [0.15, 0.2) is 0 Å². The smallest absolute Gasteiger partial charge is 0.268 e. The number of nitrogens with zero attached hydrogens (tertiary/aromatic N) is 1. The molecule has 2 N–H and O–H groups in total. The van der Waals surface area contributed by atoms with Crippen molar-refractivity contribution in [3.63, 3.8) is 0 Å². The van der Waals surface area contributed by atoms with Gasteiger partial charge in [-0.15, -0.1) is 0 Å². The Bertz CT molecular complexity index is 1050. The van der Waals surface area contributed by atoms with Crippen LogP contribution in [-0.4, -0.2) is 68.5 Å². The van der Waals surface area contributed by atoms with Crippen LogP contribution in [0.1, 0.15) is 284 Å². The molecule has 0 aromatic heterocycles. The molecule has 0 spiro atoms. The first-order chi connectivity index (χ1) is 31.0. The predicted molar refractivity (Wildman–Crippen MR) is 275 cm³/mol. The Morgan fingerprint density at radius 2 is 0.844 bits per heavy atom. The lowest BCUT2D eigenvalue weighted by Crippen LogP contribution is -2.45. The van der Waals surface area contributed by atoms with Crippen LogP contribution in [0.5, 0.6) is 0 Å². The van der Waals surface area contributed by atoms with Crippen LogP contribution in [0.25, 0.3) is 0 Å². The number of amides is 1. The summed E-state index contributed by atoms with van der Waals surface area (Å²) in [7, 11) is 1.28. The van der Waals surface area contributed by atoms with Crippen LogP contribution < -0.4 is 10.2 Å². The third-order valence-corrected chi connectivity index (χ3v) is 14.0. The second-order valence-corrected chi connectivity index (χ2v) is 22.1. The average Bonchev–Trinajstić information content (AvgIpc) is 3.25. The maximum Gasteiger partial charge on any atom is 0.268 e. The van der Waals surface area contributed by atoms with E-state index in [0.29, 0.717) is 17.4 Å². The third kappa shape index (κ3) is 49.2. The van der Waals surface area contributed by atoms with Gasteiger partial charge in [-0.1, -0.05) is 270 Å². The fourth-order valence-corrected chi connectivity index (χ4v) is 9.29. The molecule has 0 radical (unpaired) electrons. The van der Waals surface area contributed by atoms with Crippen LogP contribution in [0.2, 0.25) is 0 Å². The molecule has 0 heterocycles. The van der Waals surface area contributed by atoms with Gasteiger partial charge in [0.1, 0.15) is 13.2 Å². The Morgan fingerprint density at radius 1 is 0.531 bits per heavy atom. The molecule has 3 atom stereocenters. The van der Waals surface area contributed by atoms with Gasteiger partial charge in [-0.25, -0.2) is 0 Å². The van der Waals surface area contributed by atoms with Crippen molar-refractivity contribution < 1.29 is 32.9 Å². The van der Waals surface area contributed by atoms with E-state index in [1.54, 1.807) is 6.08 Å². The van der Waals surface area contributed by atoms with Gasteiger partial charge >= 0.3 is 0 Å². The molecule has 0 saturated heterocycles. The van der Waals surface area contributed by atoms with Gasteiger partial charge in [-0.2, -0.15) is 0 Å². The summed E-state index contributed by atoms with van der Waals surface area (Å²) in [6, 6.07) is -0.881. The van der Waals surface area contributed by atoms with E-state index in [9.17, 15) is 19.4 Å². The molecular formula is C55H111N2O6P. The molecule has 9 heteroatoms. The topological polar surface area (TPSA) is 108 Å². The molecule has 64 heavy (non-hydrogen) atoms. The number of aliphatic hydroxyl groups excluding tert-OH is 1. The summed E-state index contributed by atoms with van der Waals surface area (Å²) in [5.41, 5.74) is 0. The van der Waals surface area contributed by atoms with Gasteiger partial charge in [-0.3, -0.25) is 9.36 Å². The largest absolute Gasteiger partial charge is 0.756 e. The number of aliphatic hydroxyl groups is 1. The zero-order valence-corrected chi connectivity index (χ0v) is 44.4. The minimum absolute atomic E-state index is 0.00254. The molecule has 0 fully saturated rings. The van der Waals surface area contributed by atoms with Crippen molar-refractivity contribution in [1.29, 1.82) is 0 Å². The van der Waals surface area contributed by atoms with Crippen LogP contribution in [0.4, 0.5) is 0 Å². The zero-order valence-electron chi connectivity index (χ0n) is 43.5. The highest BCUT2D eigenvalue weighted by Gasteiger charge is 2.23. The molecule has 3 unspecified atom stereocenters. The lowest BCUT2D eigenvalue weighted by molar-refractivity contribution is -0.870. The highest BCUT2D eigenvalue weighted by molar-refractivity contribution is 7.45. The molecule has 0 aromatic carbocycles. The van der Waals surface area contributed by atoms with Crippen molar-refractivity contribution in [3.05, 3.63) is 12.2 Å². The monoisotopic (exact) mass is 927 g/mol. The highest BCUT2D eigenvalue weighted by Crippen LogP contribution is 2.38. The summed E-state index contributed by atoms with van der Waals surface area (Å²) in [5.74, 6) is -0.191. The number of hydrogen-bond acceptors (Lipinski definition) is 6. The number of carbonyl (C=O) groups excluding carboxylic acids is 1. The quantitative estimate of drug-likeness (QED) is 0.0272. The van der Waals surface area contributed by atoms with E-state index in [1.807, 2.05) is 27.2 Å². The van der Waals surface area contributed by atoms with E-state index in [4.69, 9.17) is 9.05 Å². The minimum atomic E-state index is -4.59. The Hall–Kier alpha value is -0.760. The van der Waals surface area contributed by atoms with Crippen LogP contribution in [0, 0.1) is 0 Å². The second-order valence-electron chi connectivity index (χ2n) is 20.7. The SMILES string of the molecule is CCCCCCCCCCCCCCCC/C=C/C(O)C(COP(=O)([O-])OCC[N+](C)(C)C)NC(=O)CCCCCCCCCCCCCCCCCCCCCCCCCCCC. The van der Waals surface area contributed by atoms with Gasteiger partial charge in [0, 0.05) is 6.42 Å². The van der Waals surface area contributed by atoms with E-state index in [2.05, 4.69) is 19.2 Å². The number of likely N-dealkylation sites (N-methyl/N-ethyl adjacent to an activating group) is 1. The molecule has 1 amide bonds. The molecule has 382 valence electrons. The standard InChI is InChI=1S/C55H111N2O6P/c1-6-8-10-12-14-16-18-20-22-24-25-26-27-28-29-30-31-32-33-35-37-39-41-43-45-47-49-55(59)56-53(52-63-64(60,61)62-51-50-57(3,4)5)54(58)48-46-44-42-40-38-36-34-23-21-19-17-15-13-11-9-7-2/h46,48,53-54,58H,6-45,47,49-52H2,1-5H3,(H-,56,59,60,61)/b48-46+. The van der Waals surface area contributed by atoms with Crippen molar-refractivity contribution in [1.82, 2.24) is 5.32 Å². The maximum absolute atomic E-state index is 12.9. The fraction of sp³-hybridized carbons (Fsp3) is 0.945. The summed E-state index contributed by atoms with van der Waals surface area (Å²) >= 11 is 0. The third-order valence-electron chi connectivity index (χ3n) is 13.0. The molecule has 0 bridgehead atoms. The molecule has 0 saturated carbocycles. The Morgan fingerprint density at radius 3 is 1.17 bits per heavy atom. The minimum Gasteiger partial charge on any atom is -0.756 e. The van der Waals surface area contributed by atoms with E-state index >= 15 is 0 Å². The van der Waals surface area contributed by atoms with E-state index in [-0.39, 0.29) is 19.1 Å². The molecule has 0 aliphatic carbocycles. The van der Waals surface area contributed by atoms with Crippen LogP contribution >= 0.6 is 7.82 Å². The number of nitrogens with one attached hydrogen (secondary N) is 1. The van der Waals surface area contributed by atoms with Crippen molar-refractivity contribution in [2.75, 3.05) is 40.9 Å². The number of allylic oxidation sites excluding steroid dienone is 1. The highest BCUT2D eigenvalue weighted by atomic mass is 31.2. The lowest BCUT2D eigenvalue weighted by atomic mass is 10.0. The number of unbranched alkanes of at least 4 members (excludes halogenated alkanes) is 39. The number of phosphoric acid groups is 1. The Balaban J connectivity index is 4.13. The maximum atomic E-state index is 12.9. The first kappa shape index (κ1) is 63.2. The Labute approximate surface area is 399 Å². The predicted octanol–water partition coefficient (Wildman–Crippen LogP) is 16.0. The number of phosphoric ester groups is 1. The molecule has 0 rings (SSSR count). The first-order valence-electron chi connectivity index (χ1n) is 28.1. The summed E-state index contributed by atoms with van der Waals surface area (Å²) in [6.07, 6.45) is 57.1. The van der Waals surface area contributed by atoms with E-state index in [0.717, 1.165) is 38.5 Å². The van der Waals surface area contributed by atoms with Gasteiger partial charge in [0.2, 0.25) is 5.91 Å². The molecule has 0 aliphatic rings. The summed E-state index contributed by atoms with van der Waals surface area (Å²) in [4.78, 5) is 25.5. The van der Waals surface area contributed by atoms with Crippen molar-refractivity contribution in [2.45, 2.75) is 296 Å². The second kappa shape index (κ2) is 47.3. The number of carbonyl (C=O) groups is 1. The molecule has 0 aliphatic heterocycles. The fourth-order valence-electron chi connectivity index (χ4n) is 8.57. The molecule has 0 aromatic rings. The van der Waals surface area contributed by atoms with Crippen molar-refractivity contribution in [3.8, 4) is 0 Å². The Kier molecular flexibility index (Phi) is 46.8. The van der Waals surface area contributed by atoms with Gasteiger partial charge in [-0.05, 0) is 19.3 Å². The first-order valence-corrected chi connectivity index (χ1v) is 29.5. The normalized spacial score (nSPS) is 14.0. The van der Waals surface area contributed by atoms with E-state index in [1.165, 1.54) is 225 Å². The van der Waals surface area contributed by atoms with Gasteiger partial charge in [0.05, 0.1) is 39.9 Å². The van der Waals surface area contributed by atoms with E-state index < -0.39 is 20.0 Å². The average molecular weight is 927 g/mol. The van der Waals surface area contributed by atoms with Crippen molar-refractivity contribution in [2.24, 2.45) is 0 Å². The number of hydrogen-bond donors (Lipinski definition) is 2. The molecular weight excluding hydrogens is 816 g/mol. The zero-order chi connectivity index (χ0) is 47.1. The lowest BCUT2D eigenvalue weighted by Gasteiger charge is -2.29. The summed E-state index contributed by atoms with van der Waals surface area (Å²) in [6.45, 7) is 4.69. The molecule has 8 nitrogen and oxygen atoms in total. The summed E-state index contributed by atoms with van der Waals surface area (Å²) < 4.78 is 23.3. The number of rotatable bonds is 52. The van der Waals surface area contributed by atoms with Crippen LogP contribution in [0.3, 0.4) is 0 Å². The number of quaternary nitrogens is 1. The van der Waals surface area contributed by atoms with Gasteiger partial charge < -0.3 is 28.8 Å².